The Hall–Kier alpha value is -1.65. The van der Waals surface area contributed by atoms with Crippen molar-refractivity contribution >= 4 is 6.09 Å². The van der Waals surface area contributed by atoms with Gasteiger partial charge in [-0.2, -0.15) is 0 Å². The highest BCUT2D eigenvalue weighted by atomic mass is 19.3. The average Bonchev–Trinajstić information content (AvgIpc) is 2.23. The molecule has 5 heteroatoms. The Kier molecular flexibility index (Phi) is 2.53. The Morgan fingerprint density at radius 1 is 1.38 bits per heavy atom. The fraction of sp³-hybridized carbons (Fsp3) is 0.364. The summed E-state index contributed by atoms with van der Waals surface area (Å²) in [4.78, 5) is 10.9. The van der Waals surface area contributed by atoms with Crippen LogP contribution in [0.4, 0.5) is 13.6 Å². The minimum Gasteiger partial charge on any atom is -0.443 e. The number of alkyl carbamates (subject to hydrolysis) is 1. The molecule has 1 heterocycles. The lowest BCUT2D eigenvalue weighted by Crippen LogP contribution is -2.49. The highest BCUT2D eigenvalue weighted by Crippen LogP contribution is 2.34. The number of rotatable bonds is 1. The lowest BCUT2D eigenvalue weighted by Gasteiger charge is -2.31. The van der Waals surface area contributed by atoms with Gasteiger partial charge in [0.25, 0.3) is 0 Å². The molecule has 2 rings (SSSR count). The third-order valence-electron chi connectivity index (χ3n) is 2.49. The summed E-state index contributed by atoms with van der Waals surface area (Å²) in [5, 5.41) is 2.13. The summed E-state index contributed by atoms with van der Waals surface area (Å²) in [5.41, 5.74) is 1.36. The second-order valence-corrected chi connectivity index (χ2v) is 3.83. The summed E-state index contributed by atoms with van der Waals surface area (Å²) in [6, 6.07) is 5.31. The molecule has 1 aliphatic rings. The number of ether oxygens (including phenoxy) is 1. The van der Waals surface area contributed by atoms with E-state index in [2.05, 4.69) is 10.1 Å². The molecule has 0 saturated carbocycles. The zero-order valence-corrected chi connectivity index (χ0v) is 8.67. The zero-order valence-electron chi connectivity index (χ0n) is 8.67. The van der Waals surface area contributed by atoms with Crippen molar-refractivity contribution < 1.29 is 18.3 Å². The van der Waals surface area contributed by atoms with Crippen LogP contribution < -0.4 is 5.32 Å². The van der Waals surface area contributed by atoms with Crippen molar-refractivity contribution in [3.05, 3.63) is 35.4 Å². The van der Waals surface area contributed by atoms with E-state index in [9.17, 15) is 13.6 Å². The van der Waals surface area contributed by atoms with Crippen LogP contribution in [0.1, 0.15) is 17.2 Å². The molecule has 0 unspecified atom stereocenters. The van der Waals surface area contributed by atoms with Gasteiger partial charge in [0.2, 0.25) is 0 Å². The molecular weight excluding hydrogens is 216 g/mol. The minimum atomic E-state index is -3.08. The first kappa shape index (κ1) is 10.9. The van der Waals surface area contributed by atoms with Crippen LogP contribution in [-0.4, -0.2) is 18.6 Å². The number of aryl methyl sites for hydroxylation is 1. The molecule has 1 fully saturated rings. The van der Waals surface area contributed by atoms with E-state index in [0.29, 0.717) is 5.56 Å². The fourth-order valence-electron chi connectivity index (χ4n) is 1.60. The van der Waals surface area contributed by atoms with Gasteiger partial charge in [0.05, 0.1) is 0 Å². The Morgan fingerprint density at radius 2 is 2.00 bits per heavy atom. The van der Waals surface area contributed by atoms with Crippen molar-refractivity contribution in [3.8, 4) is 0 Å². The highest BCUT2D eigenvalue weighted by Gasteiger charge is 2.46. The minimum absolute atomic E-state index is 0.382. The molecule has 0 aromatic heterocycles. The van der Waals surface area contributed by atoms with E-state index in [-0.39, 0.29) is 0 Å². The molecule has 1 saturated heterocycles. The Morgan fingerprint density at radius 3 is 2.62 bits per heavy atom. The molecule has 0 aliphatic carbocycles. The van der Waals surface area contributed by atoms with Crippen LogP contribution in [0.25, 0.3) is 0 Å². The Labute approximate surface area is 91.4 Å². The van der Waals surface area contributed by atoms with Gasteiger partial charge in [-0.15, -0.1) is 0 Å². The van der Waals surface area contributed by atoms with Gasteiger partial charge < -0.3 is 10.1 Å². The van der Waals surface area contributed by atoms with Gasteiger partial charge in [0, 0.05) is 0 Å². The predicted molar refractivity (Wildman–Crippen MR) is 53.4 cm³/mol. The Bertz CT molecular complexity index is 403. The number of hydrogen-bond donors (Lipinski definition) is 1. The Balaban J connectivity index is 2.30. The first-order chi connectivity index (χ1) is 7.49. The summed E-state index contributed by atoms with van der Waals surface area (Å²) in [7, 11) is 0. The normalized spacial score (nSPS) is 23.4. The molecule has 1 amide bonds. The van der Waals surface area contributed by atoms with Gasteiger partial charge >= 0.3 is 12.0 Å². The third-order valence-corrected chi connectivity index (χ3v) is 2.49. The number of nitrogens with one attached hydrogen (secondary N) is 1. The number of cyclic esters (lactones) is 1. The molecule has 16 heavy (non-hydrogen) atoms. The maximum Gasteiger partial charge on any atom is 0.408 e. The van der Waals surface area contributed by atoms with Gasteiger partial charge in [-0.3, -0.25) is 0 Å². The largest absolute Gasteiger partial charge is 0.443 e. The van der Waals surface area contributed by atoms with Crippen LogP contribution in [-0.2, 0) is 4.74 Å². The molecule has 3 nitrogen and oxygen atoms in total. The van der Waals surface area contributed by atoms with Crippen LogP contribution in [0.2, 0.25) is 0 Å². The number of amides is 1. The standard InChI is InChI=1S/C11H11F2NO2/c1-7-2-4-8(5-3-7)9-11(12,13)6-16-10(15)14-9/h2-5,9H,6H2,1H3,(H,14,15)/t9-/m1/s1. The number of hydrogen-bond acceptors (Lipinski definition) is 2. The number of carbonyl (C=O) groups excluding carboxylic acids is 1. The molecular formula is C11H11F2NO2. The van der Waals surface area contributed by atoms with Gasteiger partial charge in [0.15, 0.2) is 6.61 Å². The maximum atomic E-state index is 13.5. The van der Waals surface area contributed by atoms with Crippen molar-refractivity contribution in [3.63, 3.8) is 0 Å². The van der Waals surface area contributed by atoms with Gasteiger partial charge in [-0.05, 0) is 12.5 Å². The van der Waals surface area contributed by atoms with E-state index in [1.807, 2.05) is 6.92 Å². The molecule has 86 valence electrons. The van der Waals surface area contributed by atoms with Gasteiger partial charge in [-0.25, -0.2) is 13.6 Å². The first-order valence-corrected chi connectivity index (χ1v) is 4.87. The summed E-state index contributed by atoms with van der Waals surface area (Å²) < 4.78 is 31.2. The van der Waals surface area contributed by atoms with Crippen LogP contribution >= 0.6 is 0 Å². The van der Waals surface area contributed by atoms with Crippen molar-refractivity contribution in [1.29, 1.82) is 0 Å². The third kappa shape index (κ3) is 1.98. The lowest BCUT2D eigenvalue weighted by molar-refractivity contribution is -0.104. The highest BCUT2D eigenvalue weighted by molar-refractivity contribution is 5.69. The van der Waals surface area contributed by atoms with Crippen molar-refractivity contribution in [1.82, 2.24) is 5.32 Å². The van der Waals surface area contributed by atoms with E-state index in [0.717, 1.165) is 5.56 Å². The second-order valence-electron chi connectivity index (χ2n) is 3.83. The van der Waals surface area contributed by atoms with Crippen molar-refractivity contribution in [2.45, 2.75) is 18.9 Å². The molecule has 1 N–H and O–H groups in total. The number of alkyl halides is 2. The summed E-state index contributed by atoms with van der Waals surface area (Å²) in [5.74, 6) is -3.08. The van der Waals surface area contributed by atoms with Gasteiger partial charge in [-0.1, -0.05) is 29.8 Å². The van der Waals surface area contributed by atoms with Crippen LogP contribution in [0, 0.1) is 6.92 Å². The van der Waals surface area contributed by atoms with Gasteiger partial charge in [0.1, 0.15) is 6.04 Å². The molecule has 0 spiro atoms. The lowest BCUT2D eigenvalue weighted by atomic mass is 9.99. The predicted octanol–water partition coefficient (Wildman–Crippen LogP) is 2.41. The summed E-state index contributed by atoms with van der Waals surface area (Å²) in [6.07, 6.45) is -0.809. The van der Waals surface area contributed by atoms with E-state index in [1.165, 1.54) is 0 Å². The van der Waals surface area contributed by atoms with Crippen LogP contribution in [0.5, 0.6) is 0 Å². The maximum absolute atomic E-state index is 13.5. The number of halogens is 2. The van der Waals surface area contributed by atoms with E-state index < -0.39 is 24.7 Å². The quantitative estimate of drug-likeness (QED) is 0.800. The SMILES string of the molecule is Cc1ccc([C@H]2NC(=O)OCC2(F)F)cc1. The summed E-state index contributed by atoms with van der Waals surface area (Å²) in [6.45, 7) is 0.988. The number of carbonyl (C=O) groups is 1. The first-order valence-electron chi connectivity index (χ1n) is 4.87. The van der Waals surface area contributed by atoms with Crippen molar-refractivity contribution in [2.24, 2.45) is 0 Å². The molecule has 1 aromatic carbocycles. The fourth-order valence-corrected chi connectivity index (χ4v) is 1.60. The molecule has 1 atom stereocenters. The van der Waals surface area contributed by atoms with Crippen molar-refractivity contribution in [2.75, 3.05) is 6.61 Å². The monoisotopic (exact) mass is 227 g/mol. The molecule has 1 aromatic rings. The van der Waals surface area contributed by atoms with E-state index >= 15 is 0 Å². The topological polar surface area (TPSA) is 38.3 Å². The zero-order chi connectivity index (χ0) is 11.8. The van der Waals surface area contributed by atoms with E-state index in [1.54, 1.807) is 24.3 Å². The second kappa shape index (κ2) is 3.73. The molecule has 0 radical (unpaired) electrons. The average molecular weight is 227 g/mol. The number of benzene rings is 1. The smallest absolute Gasteiger partial charge is 0.408 e. The molecule has 1 aliphatic heterocycles. The van der Waals surface area contributed by atoms with Crippen LogP contribution in [0.15, 0.2) is 24.3 Å². The van der Waals surface area contributed by atoms with E-state index in [4.69, 9.17) is 0 Å². The molecule has 0 bridgehead atoms. The van der Waals surface area contributed by atoms with Crippen LogP contribution in [0.3, 0.4) is 0 Å². The summed E-state index contributed by atoms with van der Waals surface area (Å²) >= 11 is 0.